The highest BCUT2D eigenvalue weighted by molar-refractivity contribution is 7.89. The summed E-state index contributed by atoms with van der Waals surface area (Å²) >= 11 is 5.69. The van der Waals surface area contributed by atoms with Gasteiger partial charge in [-0.3, -0.25) is 0 Å². The number of para-hydroxylation sites is 1. The van der Waals surface area contributed by atoms with Crippen LogP contribution in [0.4, 0.5) is 0 Å². The fraction of sp³-hybridized carbons (Fsp3) is 0. The largest absolute Gasteiger partial charge is 0.507 e. The maximum atomic E-state index is 11.9. The van der Waals surface area contributed by atoms with E-state index in [1.54, 1.807) is 18.2 Å². The van der Waals surface area contributed by atoms with Crippen molar-refractivity contribution in [2.45, 2.75) is 4.90 Å². The van der Waals surface area contributed by atoms with E-state index in [4.69, 9.17) is 11.6 Å². The van der Waals surface area contributed by atoms with Crippen molar-refractivity contribution in [1.29, 1.82) is 0 Å². The number of aromatic hydroxyl groups is 1. The van der Waals surface area contributed by atoms with Crippen molar-refractivity contribution in [3.8, 4) is 5.75 Å². The molecule has 0 heterocycles. The van der Waals surface area contributed by atoms with Gasteiger partial charge in [-0.2, -0.15) is 13.5 Å². The number of nitrogens with one attached hydrogen (secondary N) is 1. The molecule has 0 aliphatic carbocycles. The molecule has 0 aliphatic heterocycles. The zero-order chi connectivity index (χ0) is 14.6. The standard InChI is InChI=1S/C13H11ClN2O3S/c14-11-5-7-12(8-6-11)20(18,19)16-15-9-10-3-1-2-4-13(10)17/h1-9,16-17H/b15-9-. The van der Waals surface area contributed by atoms with E-state index in [0.717, 1.165) is 0 Å². The van der Waals surface area contributed by atoms with E-state index < -0.39 is 10.0 Å². The van der Waals surface area contributed by atoms with Gasteiger partial charge in [0.15, 0.2) is 0 Å². The highest BCUT2D eigenvalue weighted by atomic mass is 35.5. The Balaban J connectivity index is 2.14. The summed E-state index contributed by atoms with van der Waals surface area (Å²) in [6.45, 7) is 0. The number of sulfonamides is 1. The lowest BCUT2D eigenvalue weighted by Crippen LogP contribution is -2.18. The molecule has 0 bridgehead atoms. The Labute approximate surface area is 121 Å². The maximum Gasteiger partial charge on any atom is 0.276 e. The van der Waals surface area contributed by atoms with Gasteiger partial charge >= 0.3 is 0 Å². The average Bonchev–Trinajstić information content (AvgIpc) is 2.41. The summed E-state index contributed by atoms with van der Waals surface area (Å²) in [5.41, 5.74) is 0.409. The first kappa shape index (κ1) is 14.4. The third kappa shape index (κ3) is 3.49. The fourth-order valence-corrected chi connectivity index (χ4v) is 2.35. The normalized spacial score (nSPS) is 11.7. The Morgan fingerprint density at radius 3 is 2.40 bits per heavy atom. The van der Waals surface area contributed by atoms with Gasteiger partial charge in [-0.15, -0.1) is 0 Å². The predicted molar refractivity (Wildman–Crippen MR) is 77.5 cm³/mol. The molecule has 0 radical (unpaired) electrons. The summed E-state index contributed by atoms with van der Waals surface area (Å²) in [7, 11) is -3.75. The number of nitrogens with zero attached hydrogens (tertiary/aromatic N) is 1. The summed E-state index contributed by atoms with van der Waals surface area (Å²) in [5.74, 6) is 0.0157. The lowest BCUT2D eigenvalue weighted by molar-refractivity contribution is 0.474. The Bertz CT molecular complexity index is 728. The van der Waals surface area contributed by atoms with E-state index in [1.165, 1.54) is 36.5 Å². The van der Waals surface area contributed by atoms with Gasteiger partial charge < -0.3 is 5.11 Å². The molecule has 5 nitrogen and oxygen atoms in total. The van der Waals surface area contributed by atoms with Crippen LogP contribution >= 0.6 is 11.6 Å². The van der Waals surface area contributed by atoms with E-state index in [2.05, 4.69) is 9.93 Å². The highest BCUT2D eigenvalue weighted by Crippen LogP contribution is 2.14. The van der Waals surface area contributed by atoms with Crippen LogP contribution in [0.2, 0.25) is 5.02 Å². The first-order valence-corrected chi connectivity index (χ1v) is 7.43. The van der Waals surface area contributed by atoms with Gasteiger partial charge in [-0.05, 0) is 36.4 Å². The van der Waals surface area contributed by atoms with E-state index in [0.29, 0.717) is 10.6 Å². The fourth-order valence-electron chi connectivity index (χ4n) is 1.43. The van der Waals surface area contributed by atoms with E-state index in [-0.39, 0.29) is 10.6 Å². The van der Waals surface area contributed by atoms with Crippen molar-refractivity contribution in [3.05, 3.63) is 59.1 Å². The zero-order valence-corrected chi connectivity index (χ0v) is 11.8. The number of phenols is 1. The van der Waals surface area contributed by atoms with E-state index in [9.17, 15) is 13.5 Å². The van der Waals surface area contributed by atoms with Crippen molar-refractivity contribution >= 4 is 27.8 Å². The summed E-state index contributed by atoms with van der Waals surface area (Å²) in [4.78, 5) is 2.11. The molecular formula is C13H11ClN2O3S. The minimum atomic E-state index is -3.75. The molecule has 7 heteroatoms. The molecule has 0 aliphatic rings. The summed E-state index contributed by atoms with van der Waals surface area (Å²) in [6.07, 6.45) is 1.23. The first-order chi connectivity index (χ1) is 9.49. The SMILES string of the molecule is O=S(=O)(N/N=C\c1ccccc1O)c1ccc(Cl)cc1. The van der Waals surface area contributed by atoms with Crippen molar-refractivity contribution in [3.63, 3.8) is 0 Å². The second kappa shape index (κ2) is 5.94. The van der Waals surface area contributed by atoms with Gasteiger partial charge in [-0.1, -0.05) is 23.7 Å². The zero-order valence-electron chi connectivity index (χ0n) is 10.2. The number of halogens is 1. The molecule has 0 unspecified atom stereocenters. The van der Waals surface area contributed by atoms with Gasteiger partial charge in [0.2, 0.25) is 0 Å². The number of hydrazone groups is 1. The summed E-state index contributed by atoms with van der Waals surface area (Å²) in [6, 6.07) is 12.1. The van der Waals surface area contributed by atoms with Crippen molar-refractivity contribution in [2.24, 2.45) is 5.10 Å². The minimum Gasteiger partial charge on any atom is -0.507 e. The number of benzene rings is 2. The molecule has 20 heavy (non-hydrogen) atoms. The highest BCUT2D eigenvalue weighted by Gasteiger charge is 2.11. The molecule has 0 atom stereocenters. The molecule has 2 aromatic rings. The molecule has 0 fully saturated rings. The average molecular weight is 311 g/mol. The van der Waals surface area contributed by atoms with Gasteiger partial charge in [-0.25, -0.2) is 4.83 Å². The first-order valence-electron chi connectivity index (χ1n) is 5.57. The predicted octanol–water partition coefficient (Wildman–Crippen LogP) is 2.36. The second-order valence-corrected chi connectivity index (χ2v) is 5.96. The van der Waals surface area contributed by atoms with Crippen LogP contribution in [0.25, 0.3) is 0 Å². The molecular weight excluding hydrogens is 300 g/mol. The molecule has 2 aromatic carbocycles. The van der Waals surface area contributed by atoms with Gasteiger partial charge in [0.1, 0.15) is 5.75 Å². The van der Waals surface area contributed by atoms with Crippen LogP contribution in [0.5, 0.6) is 5.75 Å². The van der Waals surface area contributed by atoms with Gasteiger partial charge in [0.25, 0.3) is 10.0 Å². The van der Waals surface area contributed by atoms with Crippen LogP contribution in [-0.4, -0.2) is 19.7 Å². The quantitative estimate of drug-likeness (QED) is 0.672. The molecule has 2 rings (SSSR count). The van der Waals surface area contributed by atoms with E-state index in [1.807, 2.05) is 0 Å². The number of phenolic OH excluding ortho intramolecular Hbond substituents is 1. The van der Waals surface area contributed by atoms with Crippen LogP contribution in [-0.2, 0) is 10.0 Å². The molecule has 0 aromatic heterocycles. The Kier molecular flexibility index (Phi) is 4.26. The summed E-state index contributed by atoms with van der Waals surface area (Å²) < 4.78 is 23.8. The van der Waals surface area contributed by atoms with Crippen molar-refractivity contribution < 1.29 is 13.5 Å². The molecule has 104 valence electrons. The Morgan fingerprint density at radius 1 is 1.10 bits per heavy atom. The molecule has 0 saturated carbocycles. The minimum absolute atomic E-state index is 0.0157. The van der Waals surface area contributed by atoms with Gasteiger partial charge in [0, 0.05) is 10.6 Å². The molecule has 0 saturated heterocycles. The number of hydrogen-bond acceptors (Lipinski definition) is 4. The smallest absolute Gasteiger partial charge is 0.276 e. The number of hydrogen-bond donors (Lipinski definition) is 2. The van der Waals surface area contributed by atoms with Gasteiger partial charge in [0.05, 0.1) is 11.1 Å². The Hall–Kier alpha value is -2.05. The third-order valence-corrected chi connectivity index (χ3v) is 3.93. The topological polar surface area (TPSA) is 78.8 Å². The van der Waals surface area contributed by atoms with Crippen molar-refractivity contribution in [1.82, 2.24) is 4.83 Å². The maximum absolute atomic E-state index is 11.9. The van der Waals surface area contributed by atoms with E-state index >= 15 is 0 Å². The van der Waals surface area contributed by atoms with Crippen LogP contribution in [0, 0.1) is 0 Å². The second-order valence-electron chi connectivity index (χ2n) is 3.87. The molecule has 2 N–H and O–H groups in total. The van der Waals surface area contributed by atoms with Crippen LogP contribution in [0.3, 0.4) is 0 Å². The summed E-state index contributed by atoms with van der Waals surface area (Å²) in [5, 5.41) is 13.6. The number of rotatable bonds is 4. The lowest BCUT2D eigenvalue weighted by atomic mass is 10.2. The Morgan fingerprint density at radius 2 is 1.75 bits per heavy atom. The van der Waals surface area contributed by atoms with Crippen molar-refractivity contribution in [2.75, 3.05) is 0 Å². The monoisotopic (exact) mass is 310 g/mol. The van der Waals surface area contributed by atoms with Crippen LogP contribution in [0.15, 0.2) is 58.5 Å². The molecule has 0 amide bonds. The van der Waals surface area contributed by atoms with Crippen LogP contribution < -0.4 is 4.83 Å². The van der Waals surface area contributed by atoms with Crippen LogP contribution in [0.1, 0.15) is 5.56 Å². The lowest BCUT2D eigenvalue weighted by Gasteiger charge is -2.03. The third-order valence-electron chi connectivity index (χ3n) is 2.44. The molecule has 0 spiro atoms.